The Hall–Kier alpha value is -4.01. The van der Waals surface area contributed by atoms with Crippen LogP contribution < -0.4 is 10.2 Å². The van der Waals surface area contributed by atoms with Gasteiger partial charge in [0, 0.05) is 50.5 Å². The summed E-state index contributed by atoms with van der Waals surface area (Å²) in [5.41, 5.74) is 0.189. The van der Waals surface area contributed by atoms with Crippen molar-refractivity contribution >= 4 is 16.9 Å². The lowest BCUT2D eigenvalue weighted by atomic mass is 10.1. The van der Waals surface area contributed by atoms with Gasteiger partial charge in [0.05, 0.1) is 5.39 Å². The predicted molar refractivity (Wildman–Crippen MR) is 111 cm³/mol. The second kappa shape index (κ2) is 8.02. The number of nitrogens with zero attached hydrogens (tertiary/aromatic N) is 5. The fraction of sp³-hybridized carbons (Fsp3) is 0.227. The van der Waals surface area contributed by atoms with Crippen LogP contribution >= 0.6 is 0 Å². The Labute approximate surface area is 176 Å². The van der Waals surface area contributed by atoms with E-state index in [0.717, 1.165) is 0 Å². The van der Waals surface area contributed by atoms with Gasteiger partial charge in [-0.25, -0.2) is 4.68 Å². The molecule has 1 fully saturated rings. The number of para-hydroxylation sites is 1. The molecule has 4 heterocycles. The normalized spacial score (nSPS) is 14.6. The van der Waals surface area contributed by atoms with Crippen LogP contribution in [0.25, 0.3) is 16.8 Å². The SMILES string of the molecule is O=C(c1cc(=O)c2ccccc2o1)N1CCC(Oc2ccc(-n3cccn3)nn2)CC1. The average Bonchev–Trinajstić information content (AvgIpc) is 3.35. The Kier molecular flexibility index (Phi) is 4.91. The summed E-state index contributed by atoms with van der Waals surface area (Å²) in [6, 6.07) is 13.5. The van der Waals surface area contributed by atoms with E-state index in [-0.39, 0.29) is 23.2 Å². The van der Waals surface area contributed by atoms with Crippen LogP contribution in [-0.2, 0) is 0 Å². The molecule has 9 heteroatoms. The van der Waals surface area contributed by atoms with Crippen LogP contribution in [0.3, 0.4) is 0 Å². The molecule has 3 aromatic heterocycles. The molecule has 0 radical (unpaired) electrons. The second-order valence-electron chi connectivity index (χ2n) is 7.26. The van der Waals surface area contributed by atoms with Crippen molar-refractivity contribution in [1.82, 2.24) is 24.9 Å². The maximum absolute atomic E-state index is 12.8. The molecule has 1 amide bonds. The van der Waals surface area contributed by atoms with Gasteiger partial charge in [-0.1, -0.05) is 12.1 Å². The Balaban J connectivity index is 1.21. The van der Waals surface area contributed by atoms with Crippen molar-refractivity contribution in [3.63, 3.8) is 0 Å². The first kappa shape index (κ1) is 19.0. The molecule has 5 rings (SSSR count). The highest BCUT2D eigenvalue weighted by Gasteiger charge is 2.27. The molecule has 4 aromatic rings. The highest BCUT2D eigenvalue weighted by Crippen LogP contribution is 2.20. The topological polar surface area (TPSA) is 103 Å². The lowest BCUT2D eigenvalue weighted by Gasteiger charge is -2.31. The predicted octanol–water partition coefficient (Wildman–Crippen LogP) is 2.45. The van der Waals surface area contributed by atoms with Crippen LogP contribution in [0.1, 0.15) is 23.4 Å². The number of benzene rings is 1. The third-order valence-corrected chi connectivity index (χ3v) is 5.23. The zero-order chi connectivity index (χ0) is 21.2. The van der Waals surface area contributed by atoms with E-state index in [9.17, 15) is 9.59 Å². The summed E-state index contributed by atoms with van der Waals surface area (Å²) >= 11 is 0. The van der Waals surface area contributed by atoms with E-state index >= 15 is 0 Å². The largest absolute Gasteiger partial charge is 0.473 e. The van der Waals surface area contributed by atoms with Crippen LogP contribution in [0.2, 0.25) is 0 Å². The van der Waals surface area contributed by atoms with Crippen molar-refractivity contribution in [2.24, 2.45) is 0 Å². The van der Waals surface area contributed by atoms with Gasteiger partial charge in [-0.2, -0.15) is 5.10 Å². The van der Waals surface area contributed by atoms with E-state index in [1.807, 2.05) is 6.07 Å². The number of fused-ring (bicyclic) bond motifs is 1. The van der Waals surface area contributed by atoms with Crippen LogP contribution in [0.5, 0.6) is 5.88 Å². The van der Waals surface area contributed by atoms with Gasteiger partial charge in [0.25, 0.3) is 5.91 Å². The van der Waals surface area contributed by atoms with Crippen LogP contribution in [0, 0.1) is 0 Å². The monoisotopic (exact) mass is 417 g/mol. The summed E-state index contributed by atoms with van der Waals surface area (Å²) in [7, 11) is 0. The van der Waals surface area contributed by atoms with Gasteiger partial charge in [0.15, 0.2) is 17.0 Å². The standard InChI is InChI=1S/C22H19N5O4/c28-17-14-19(31-18-5-2-1-4-16(17)18)22(29)26-12-8-15(9-13-26)30-21-7-6-20(24-25-21)27-11-3-10-23-27/h1-7,10-11,14-15H,8-9,12-13H2. The average molecular weight is 417 g/mol. The first-order valence-electron chi connectivity index (χ1n) is 10.00. The van der Waals surface area contributed by atoms with Gasteiger partial charge in [-0.3, -0.25) is 9.59 Å². The Morgan fingerprint density at radius 2 is 1.90 bits per heavy atom. The van der Waals surface area contributed by atoms with Gasteiger partial charge >= 0.3 is 0 Å². The van der Waals surface area contributed by atoms with Gasteiger partial charge in [0.2, 0.25) is 5.88 Å². The Bertz CT molecular complexity index is 1260. The number of carbonyl (C=O) groups excluding carboxylic acids is 1. The number of hydrogen-bond donors (Lipinski definition) is 0. The smallest absolute Gasteiger partial charge is 0.289 e. The number of hydrogen-bond acceptors (Lipinski definition) is 7. The summed E-state index contributed by atoms with van der Waals surface area (Å²) in [6.45, 7) is 0.998. The number of piperidine rings is 1. The molecule has 156 valence electrons. The Morgan fingerprint density at radius 3 is 2.65 bits per heavy atom. The minimum absolute atomic E-state index is 0.0585. The van der Waals surface area contributed by atoms with Crippen LogP contribution in [0.15, 0.2) is 70.1 Å². The Morgan fingerprint density at radius 1 is 1.06 bits per heavy atom. The highest BCUT2D eigenvalue weighted by atomic mass is 16.5. The minimum atomic E-state index is -0.287. The fourth-order valence-corrected chi connectivity index (χ4v) is 3.62. The van der Waals surface area contributed by atoms with Crippen molar-refractivity contribution in [2.45, 2.75) is 18.9 Å². The van der Waals surface area contributed by atoms with E-state index in [1.165, 1.54) is 6.07 Å². The zero-order valence-electron chi connectivity index (χ0n) is 16.5. The number of likely N-dealkylation sites (tertiary alicyclic amines) is 1. The lowest BCUT2D eigenvalue weighted by molar-refractivity contribution is 0.0558. The molecule has 0 N–H and O–H groups in total. The summed E-state index contributed by atoms with van der Waals surface area (Å²) in [5, 5.41) is 12.8. The molecule has 0 unspecified atom stereocenters. The molecule has 0 aliphatic carbocycles. The number of rotatable bonds is 4. The number of ether oxygens (including phenoxy) is 1. The van der Waals surface area contributed by atoms with Gasteiger partial charge in [-0.15, -0.1) is 10.2 Å². The molecular weight excluding hydrogens is 398 g/mol. The molecule has 1 aliphatic heterocycles. The molecule has 0 atom stereocenters. The van der Waals surface area contributed by atoms with E-state index in [0.29, 0.717) is 48.6 Å². The van der Waals surface area contributed by atoms with Gasteiger partial charge < -0.3 is 14.1 Å². The zero-order valence-corrected chi connectivity index (χ0v) is 16.5. The van der Waals surface area contributed by atoms with E-state index < -0.39 is 0 Å². The molecule has 0 bridgehead atoms. The molecule has 1 aromatic carbocycles. The molecule has 0 spiro atoms. The fourth-order valence-electron chi connectivity index (χ4n) is 3.62. The highest BCUT2D eigenvalue weighted by molar-refractivity contribution is 5.93. The maximum Gasteiger partial charge on any atom is 0.289 e. The second-order valence-corrected chi connectivity index (χ2v) is 7.26. The number of carbonyl (C=O) groups is 1. The van der Waals surface area contributed by atoms with Crippen molar-refractivity contribution in [3.8, 4) is 11.7 Å². The minimum Gasteiger partial charge on any atom is -0.473 e. The molecule has 9 nitrogen and oxygen atoms in total. The van der Waals surface area contributed by atoms with Crippen molar-refractivity contribution in [1.29, 1.82) is 0 Å². The van der Waals surface area contributed by atoms with E-state index in [4.69, 9.17) is 9.15 Å². The first-order chi connectivity index (χ1) is 15.2. The summed E-state index contributed by atoms with van der Waals surface area (Å²) in [5.74, 6) is 0.809. The van der Waals surface area contributed by atoms with Crippen LogP contribution in [-0.4, -0.2) is 50.0 Å². The molecule has 1 saturated heterocycles. The number of amides is 1. The molecule has 1 aliphatic rings. The molecular formula is C22H19N5O4. The van der Waals surface area contributed by atoms with E-state index in [1.54, 1.807) is 58.4 Å². The van der Waals surface area contributed by atoms with Gasteiger partial charge in [0.1, 0.15) is 11.7 Å². The van der Waals surface area contributed by atoms with Crippen molar-refractivity contribution in [2.75, 3.05) is 13.1 Å². The van der Waals surface area contributed by atoms with Gasteiger partial charge in [-0.05, 0) is 24.3 Å². The third kappa shape index (κ3) is 3.89. The van der Waals surface area contributed by atoms with Crippen molar-refractivity contribution in [3.05, 3.63) is 76.9 Å². The quantitative estimate of drug-likeness (QED) is 0.502. The molecule has 31 heavy (non-hydrogen) atoms. The summed E-state index contributed by atoms with van der Waals surface area (Å²) < 4.78 is 13.2. The molecule has 0 saturated carbocycles. The van der Waals surface area contributed by atoms with Crippen molar-refractivity contribution < 1.29 is 13.9 Å². The maximum atomic E-state index is 12.8. The van der Waals surface area contributed by atoms with E-state index in [2.05, 4.69) is 15.3 Å². The number of aromatic nitrogens is 4. The summed E-state index contributed by atoms with van der Waals surface area (Å²) in [6.07, 6.45) is 4.68. The first-order valence-corrected chi connectivity index (χ1v) is 10.00. The lowest BCUT2D eigenvalue weighted by Crippen LogP contribution is -2.42. The van der Waals surface area contributed by atoms with Crippen LogP contribution in [0.4, 0.5) is 0 Å². The third-order valence-electron chi connectivity index (χ3n) is 5.23. The summed E-state index contributed by atoms with van der Waals surface area (Å²) in [4.78, 5) is 26.8.